The summed E-state index contributed by atoms with van der Waals surface area (Å²) in [5.74, 6) is -0.0645. The molecule has 1 aliphatic rings. The van der Waals surface area contributed by atoms with Crippen molar-refractivity contribution in [3.8, 4) is 0 Å². The Morgan fingerprint density at radius 2 is 2.05 bits per heavy atom. The summed E-state index contributed by atoms with van der Waals surface area (Å²) in [7, 11) is 0. The lowest BCUT2D eigenvalue weighted by Crippen LogP contribution is -2.64. The third-order valence-electron chi connectivity index (χ3n) is 4.02. The van der Waals surface area contributed by atoms with Crippen LogP contribution in [0.2, 0.25) is 0 Å². The third kappa shape index (κ3) is 3.44. The number of carbonyl (C=O) groups excluding carboxylic acids is 1. The molecule has 21 heavy (non-hydrogen) atoms. The van der Waals surface area contributed by atoms with Gasteiger partial charge in [0, 0.05) is 18.2 Å². The van der Waals surface area contributed by atoms with Gasteiger partial charge in [0.25, 0.3) is 5.91 Å². The van der Waals surface area contributed by atoms with E-state index in [1.165, 1.54) is 0 Å². The summed E-state index contributed by atoms with van der Waals surface area (Å²) < 4.78 is 5.60. The van der Waals surface area contributed by atoms with Gasteiger partial charge in [-0.15, -0.1) is 0 Å². The highest BCUT2D eigenvalue weighted by Gasteiger charge is 2.40. The zero-order valence-electron chi connectivity index (χ0n) is 13.3. The van der Waals surface area contributed by atoms with E-state index in [2.05, 4.69) is 26.1 Å². The number of carbonyl (C=O) groups is 1. The molecule has 3 unspecified atom stereocenters. The van der Waals surface area contributed by atoms with Crippen LogP contribution in [0.5, 0.6) is 0 Å². The Balaban J connectivity index is 2.14. The molecule has 1 aromatic rings. The SMILES string of the molecule is CCOC1CC(N)C1NC(=O)c1ccccc1C(C)(C)C. The van der Waals surface area contributed by atoms with Crippen LogP contribution in [0, 0.1) is 0 Å². The molecule has 0 radical (unpaired) electrons. The monoisotopic (exact) mass is 290 g/mol. The van der Waals surface area contributed by atoms with Crippen molar-refractivity contribution >= 4 is 5.91 Å². The first-order valence-electron chi connectivity index (χ1n) is 7.62. The molecule has 1 fully saturated rings. The molecular formula is C17H26N2O2. The molecule has 0 aliphatic heterocycles. The summed E-state index contributed by atoms with van der Waals surface area (Å²) in [5.41, 5.74) is 7.69. The molecule has 0 saturated heterocycles. The number of benzene rings is 1. The van der Waals surface area contributed by atoms with Crippen molar-refractivity contribution in [1.82, 2.24) is 5.32 Å². The minimum atomic E-state index is -0.0922. The second-order valence-electron chi connectivity index (χ2n) is 6.69. The lowest BCUT2D eigenvalue weighted by Gasteiger charge is -2.42. The average molecular weight is 290 g/mol. The molecule has 0 aromatic heterocycles. The number of amides is 1. The second kappa shape index (κ2) is 6.16. The highest BCUT2D eigenvalue weighted by Crippen LogP contribution is 2.27. The van der Waals surface area contributed by atoms with E-state index in [-0.39, 0.29) is 29.5 Å². The van der Waals surface area contributed by atoms with Crippen LogP contribution in [0.3, 0.4) is 0 Å². The first-order chi connectivity index (χ1) is 9.84. The van der Waals surface area contributed by atoms with E-state index < -0.39 is 0 Å². The van der Waals surface area contributed by atoms with Gasteiger partial charge in [-0.3, -0.25) is 4.79 Å². The minimum absolute atomic E-state index is 0.0210. The predicted molar refractivity (Wildman–Crippen MR) is 84.4 cm³/mol. The predicted octanol–water partition coefficient (Wildman–Crippen LogP) is 2.22. The topological polar surface area (TPSA) is 64.3 Å². The van der Waals surface area contributed by atoms with Crippen molar-refractivity contribution in [3.63, 3.8) is 0 Å². The normalized spacial score (nSPS) is 25.3. The zero-order valence-corrected chi connectivity index (χ0v) is 13.3. The van der Waals surface area contributed by atoms with Crippen LogP contribution in [0.25, 0.3) is 0 Å². The van der Waals surface area contributed by atoms with Gasteiger partial charge in [0.15, 0.2) is 0 Å². The lowest BCUT2D eigenvalue weighted by molar-refractivity contribution is -0.0300. The van der Waals surface area contributed by atoms with Gasteiger partial charge in [-0.2, -0.15) is 0 Å². The van der Waals surface area contributed by atoms with Crippen molar-refractivity contribution in [2.75, 3.05) is 6.61 Å². The van der Waals surface area contributed by atoms with Gasteiger partial charge in [-0.05, 0) is 30.4 Å². The van der Waals surface area contributed by atoms with Crippen LogP contribution in [0.4, 0.5) is 0 Å². The van der Waals surface area contributed by atoms with E-state index in [0.717, 1.165) is 17.5 Å². The van der Waals surface area contributed by atoms with Crippen molar-refractivity contribution < 1.29 is 9.53 Å². The molecule has 4 nitrogen and oxygen atoms in total. The van der Waals surface area contributed by atoms with Gasteiger partial charge in [0.05, 0.1) is 12.1 Å². The smallest absolute Gasteiger partial charge is 0.251 e. The molecule has 116 valence electrons. The molecule has 3 N–H and O–H groups in total. The van der Waals surface area contributed by atoms with Crippen LogP contribution in [0.1, 0.15) is 50.0 Å². The minimum Gasteiger partial charge on any atom is -0.376 e. The molecule has 1 aliphatic carbocycles. The molecule has 0 spiro atoms. The molecule has 2 rings (SSSR count). The fourth-order valence-electron chi connectivity index (χ4n) is 2.79. The standard InChI is InChI=1S/C17H26N2O2/c1-5-21-14-10-13(18)15(14)19-16(20)11-8-6-7-9-12(11)17(2,3)4/h6-9,13-15H,5,10,18H2,1-4H3,(H,19,20). The summed E-state index contributed by atoms with van der Waals surface area (Å²) in [4.78, 5) is 12.6. The number of hydrogen-bond donors (Lipinski definition) is 2. The maximum atomic E-state index is 12.6. The van der Waals surface area contributed by atoms with Crippen molar-refractivity contribution in [2.45, 2.75) is 57.7 Å². The summed E-state index contributed by atoms with van der Waals surface area (Å²) in [5, 5.41) is 3.04. The summed E-state index contributed by atoms with van der Waals surface area (Å²) in [6, 6.07) is 7.63. The van der Waals surface area contributed by atoms with Crippen LogP contribution in [0.15, 0.2) is 24.3 Å². The van der Waals surface area contributed by atoms with Gasteiger partial charge < -0.3 is 15.8 Å². The Morgan fingerprint density at radius 1 is 1.38 bits per heavy atom. The molecule has 3 atom stereocenters. The summed E-state index contributed by atoms with van der Waals surface area (Å²) in [6.07, 6.45) is 0.843. The largest absolute Gasteiger partial charge is 0.376 e. The van der Waals surface area contributed by atoms with Crippen LogP contribution >= 0.6 is 0 Å². The van der Waals surface area contributed by atoms with Crippen molar-refractivity contribution in [3.05, 3.63) is 35.4 Å². The maximum absolute atomic E-state index is 12.6. The molecule has 1 saturated carbocycles. The highest BCUT2D eigenvalue weighted by atomic mass is 16.5. The fourth-order valence-corrected chi connectivity index (χ4v) is 2.79. The Morgan fingerprint density at radius 3 is 2.62 bits per heavy atom. The van der Waals surface area contributed by atoms with Crippen molar-refractivity contribution in [2.24, 2.45) is 5.73 Å². The number of hydrogen-bond acceptors (Lipinski definition) is 3. The molecule has 0 bridgehead atoms. The van der Waals surface area contributed by atoms with Gasteiger partial charge in [-0.1, -0.05) is 39.0 Å². The highest BCUT2D eigenvalue weighted by molar-refractivity contribution is 5.96. The zero-order chi connectivity index (χ0) is 15.6. The molecule has 1 aromatic carbocycles. The van der Waals surface area contributed by atoms with E-state index in [0.29, 0.717) is 6.61 Å². The second-order valence-corrected chi connectivity index (χ2v) is 6.69. The first-order valence-corrected chi connectivity index (χ1v) is 7.62. The number of ether oxygens (including phenoxy) is 1. The molecular weight excluding hydrogens is 264 g/mol. The van der Waals surface area contributed by atoms with E-state index in [9.17, 15) is 4.79 Å². The molecule has 4 heteroatoms. The third-order valence-corrected chi connectivity index (χ3v) is 4.02. The van der Waals surface area contributed by atoms with E-state index in [1.54, 1.807) is 0 Å². The quantitative estimate of drug-likeness (QED) is 0.893. The summed E-state index contributed by atoms with van der Waals surface area (Å²) in [6.45, 7) is 8.92. The van der Waals surface area contributed by atoms with E-state index in [1.807, 2.05) is 31.2 Å². The summed E-state index contributed by atoms with van der Waals surface area (Å²) >= 11 is 0. The number of rotatable bonds is 4. The van der Waals surface area contributed by atoms with Gasteiger partial charge >= 0.3 is 0 Å². The Kier molecular flexibility index (Phi) is 4.69. The Bertz CT molecular complexity index is 506. The van der Waals surface area contributed by atoms with E-state index >= 15 is 0 Å². The molecule has 0 heterocycles. The van der Waals surface area contributed by atoms with Crippen LogP contribution in [-0.4, -0.2) is 30.7 Å². The Labute approximate surface area is 127 Å². The molecule has 1 amide bonds. The number of nitrogens with one attached hydrogen (secondary N) is 1. The maximum Gasteiger partial charge on any atom is 0.251 e. The van der Waals surface area contributed by atoms with Crippen LogP contribution < -0.4 is 11.1 Å². The Hall–Kier alpha value is -1.39. The first kappa shape index (κ1) is 16.0. The van der Waals surface area contributed by atoms with Gasteiger partial charge in [-0.25, -0.2) is 0 Å². The van der Waals surface area contributed by atoms with Crippen molar-refractivity contribution in [1.29, 1.82) is 0 Å². The average Bonchev–Trinajstić information content (AvgIpc) is 2.43. The fraction of sp³-hybridized carbons (Fsp3) is 0.588. The number of nitrogens with two attached hydrogens (primary N) is 1. The van der Waals surface area contributed by atoms with Gasteiger partial charge in [0.1, 0.15) is 0 Å². The lowest BCUT2D eigenvalue weighted by atomic mass is 9.81. The van der Waals surface area contributed by atoms with Crippen LogP contribution in [-0.2, 0) is 10.2 Å². The van der Waals surface area contributed by atoms with Gasteiger partial charge in [0.2, 0.25) is 0 Å². The van der Waals surface area contributed by atoms with E-state index in [4.69, 9.17) is 10.5 Å².